The number of anilines is 1. The summed E-state index contributed by atoms with van der Waals surface area (Å²) in [5.74, 6) is -0.249. The first-order chi connectivity index (χ1) is 19.0. The molecular weight excluding hydrogens is 496 g/mol. The van der Waals surface area contributed by atoms with Crippen LogP contribution in [0.25, 0.3) is 11.3 Å². The summed E-state index contributed by atoms with van der Waals surface area (Å²) in [5, 5.41) is 10.4. The standard InChI is InChI=1S/C29H26N6O4/c1-17-13-15-35-29(39-17)23(25(34-35)19-12-14-30-22(16-19)38-2)27(36)33-26-28(37)31-21-11-7-6-10-20(21)24(32-26)18-8-4-3-5-9-18/h3-12,14,16-17,26H,13,15H2,1-2H3,(H,31,37)(H,33,36)/t17-,26-/m1/s1. The summed E-state index contributed by atoms with van der Waals surface area (Å²) in [6.07, 6.45) is 1.04. The molecule has 2 atom stereocenters. The number of rotatable bonds is 5. The van der Waals surface area contributed by atoms with Crippen molar-refractivity contribution in [2.75, 3.05) is 12.4 Å². The minimum absolute atomic E-state index is 0.0982. The molecule has 0 radical (unpaired) electrons. The van der Waals surface area contributed by atoms with Crippen molar-refractivity contribution < 1.29 is 19.1 Å². The zero-order valence-electron chi connectivity index (χ0n) is 21.4. The molecule has 0 saturated carbocycles. The highest BCUT2D eigenvalue weighted by Crippen LogP contribution is 2.35. The molecule has 0 saturated heterocycles. The zero-order chi connectivity index (χ0) is 26.9. The Hall–Kier alpha value is -4.99. The Morgan fingerprint density at radius 3 is 2.72 bits per heavy atom. The summed E-state index contributed by atoms with van der Waals surface area (Å²) in [5.41, 5.74) is 4.06. The number of para-hydroxylation sites is 1. The van der Waals surface area contributed by atoms with Crippen LogP contribution < -0.4 is 20.1 Å². The van der Waals surface area contributed by atoms with E-state index in [1.807, 2.05) is 61.5 Å². The molecule has 0 fully saturated rings. The minimum Gasteiger partial charge on any atom is -0.481 e. The lowest BCUT2D eigenvalue weighted by molar-refractivity contribution is -0.117. The van der Waals surface area contributed by atoms with Gasteiger partial charge < -0.3 is 20.1 Å². The Balaban J connectivity index is 1.42. The predicted octanol–water partition coefficient (Wildman–Crippen LogP) is 3.67. The van der Waals surface area contributed by atoms with Crippen molar-refractivity contribution in [1.82, 2.24) is 20.1 Å². The second-order valence-electron chi connectivity index (χ2n) is 9.31. The van der Waals surface area contributed by atoms with Crippen molar-refractivity contribution in [3.05, 3.63) is 89.6 Å². The maximum atomic E-state index is 13.9. The van der Waals surface area contributed by atoms with Gasteiger partial charge in [-0.25, -0.2) is 14.7 Å². The van der Waals surface area contributed by atoms with E-state index in [1.54, 1.807) is 23.0 Å². The van der Waals surface area contributed by atoms with Gasteiger partial charge in [-0.15, -0.1) is 0 Å². The fraction of sp³-hybridized carbons (Fsp3) is 0.207. The highest BCUT2D eigenvalue weighted by atomic mass is 16.5. The fourth-order valence-electron chi connectivity index (χ4n) is 4.72. The van der Waals surface area contributed by atoms with Gasteiger partial charge in [0.25, 0.3) is 11.8 Å². The summed E-state index contributed by atoms with van der Waals surface area (Å²) < 4.78 is 13.0. The summed E-state index contributed by atoms with van der Waals surface area (Å²) in [6, 6.07) is 20.4. The van der Waals surface area contributed by atoms with Crippen molar-refractivity contribution in [1.29, 1.82) is 0 Å². The van der Waals surface area contributed by atoms with Crippen LogP contribution in [0, 0.1) is 0 Å². The highest BCUT2D eigenvalue weighted by Gasteiger charge is 2.34. The second-order valence-corrected chi connectivity index (χ2v) is 9.31. The second kappa shape index (κ2) is 10.1. The molecule has 4 heterocycles. The van der Waals surface area contributed by atoms with E-state index in [1.165, 1.54) is 7.11 Å². The SMILES string of the molecule is COc1cc(-c2nn3c(c2C(=O)N[C@H]2N=C(c4ccccc4)c4ccccc4NC2=O)O[C@H](C)CC3)ccn1. The van der Waals surface area contributed by atoms with Crippen LogP contribution in [0.2, 0.25) is 0 Å². The van der Waals surface area contributed by atoms with Crippen molar-refractivity contribution >= 4 is 23.2 Å². The summed E-state index contributed by atoms with van der Waals surface area (Å²) >= 11 is 0. The number of carbonyl (C=O) groups excluding carboxylic acids is 2. The van der Waals surface area contributed by atoms with Gasteiger partial charge in [0.1, 0.15) is 11.3 Å². The average molecular weight is 523 g/mol. The number of aryl methyl sites for hydroxylation is 1. The minimum atomic E-state index is -1.20. The van der Waals surface area contributed by atoms with Crippen LogP contribution in [0.5, 0.6) is 11.8 Å². The van der Waals surface area contributed by atoms with Gasteiger partial charge >= 0.3 is 0 Å². The summed E-state index contributed by atoms with van der Waals surface area (Å²) in [6.45, 7) is 2.54. The molecule has 4 aromatic rings. The number of carbonyl (C=O) groups is 2. The number of pyridine rings is 1. The topological polar surface area (TPSA) is 120 Å². The van der Waals surface area contributed by atoms with Crippen LogP contribution in [-0.2, 0) is 11.3 Å². The van der Waals surface area contributed by atoms with E-state index in [0.29, 0.717) is 41.0 Å². The van der Waals surface area contributed by atoms with Crippen molar-refractivity contribution in [3.63, 3.8) is 0 Å². The first-order valence-corrected chi connectivity index (χ1v) is 12.6. The monoisotopic (exact) mass is 522 g/mol. The fourth-order valence-corrected chi connectivity index (χ4v) is 4.72. The average Bonchev–Trinajstić information content (AvgIpc) is 3.28. The summed E-state index contributed by atoms with van der Waals surface area (Å²) in [7, 11) is 1.52. The van der Waals surface area contributed by atoms with Crippen molar-refractivity contribution in [2.45, 2.75) is 32.2 Å². The third-order valence-electron chi connectivity index (χ3n) is 6.67. The number of aromatic nitrogens is 3. The van der Waals surface area contributed by atoms with Crippen LogP contribution in [0.15, 0.2) is 77.9 Å². The van der Waals surface area contributed by atoms with Crippen LogP contribution in [0.3, 0.4) is 0 Å². The maximum absolute atomic E-state index is 13.9. The van der Waals surface area contributed by atoms with Gasteiger partial charge in [0.05, 0.1) is 24.6 Å². The van der Waals surface area contributed by atoms with Crippen LogP contribution >= 0.6 is 0 Å². The van der Waals surface area contributed by atoms with Gasteiger partial charge in [-0.1, -0.05) is 48.5 Å². The third-order valence-corrected chi connectivity index (χ3v) is 6.67. The largest absolute Gasteiger partial charge is 0.481 e. The van der Waals surface area contributed by atoms with E-state index < -0.39 is 18.0 Å². The number of hydrogen-bond donors (Lipinski definition) is 2. The molecule has 2 aliphatic rings. The van der Waals surface area contributed by atoms with Crippen LogP contribution in [0.1, 0.15) is 34.8 Å². The number of benzodiazepines with no additional fused rings is 1. The molecule has 196 valence electrons. The molecule has 10 nitrogen and oxygen atoms in total. The van der Waals surface area contributed by atoms with Crippen LogP contribution in [-0.4, -0.2) is 51.7 Å². The molecule has 2 aromatic carbocycles. The van der Waals surface area contributed by atoms with Gasteiger partial charge in [0, 0.05) is 41.9 Å². The molecule has 6 rings (SSSR count). The van der Waals surface area contributed by atoms with Gasteiger partial charge in [0.15, 0.2) is 0 Å². The number of aliphatic imine (C=N–C) groups is 1. The predicted molar refractivity (Wildman–Crippen MR) is 145 cm³/mol. The molecule has 0 bridgehead atoms. The Morgan fingerprint density at radius 2 is 1.90 bits per heavy atom. The Bertz CT molecular complexity index is 1600. The smallest absolute Gasteiger partial charge is 0.269 e. The lowest BCUT2D eigenvalue weighted by Crippen LogP contribution is -2.42. The van der Waals surface area contributed by atoms with E-state index >= 15 is 0 Å². The summed E-state index contributed by atoms with van der Waals surface area (Å²) in [4.78, 5) is 36.2. The zero-order valence-corrected chi connectivity index (χ0v) is 21.4. The normalized spacial score (nSPS) is 18.0. The number of benzene rings is 2. The van der Waals surface area contributed by atoms with E-state index in [-0.39, 0.29) is 11.7 Å². The van der Waals surface area contributed by atoms with E-state index in [0.717, 1.165) is 17.5 Å². The molecule has 0 spiro atoms. The highest BCUT2D eigenvalue weighted by molar-refractivity contribution is 6.20. The van der Waals surface area contributed by atoms with Crippen molar-refractivity contribution in [3.8, 4) is 23.0 Å². The lowest BCUT2D eigenvalue weighted by atomic mass is 10.0. The number of amides is 2. The lowest BCUT2D eigenvalue weighted by Gasteiger charge is -2.22. The third kappa shape index (κ3) is 4.61. The van der Waals surface area contributed by atoms with Gasteiger partial charge in [-0.3, -0.25) is 9.59 Å². The van der Waals surface area contributed by atoms with E-state index in [2.05, 4.69) is 20.7 Å². The molecule has 2 aliphatic heterocycles. The molecule has 0 aliphatic carbocycles. The first-order valence-electron chi connectivity index (χ1n) is 12.6. The van der Waals surface area contributed by atoms with Gasteiger partial charge in [0.2, 0.25) is 17.9 Å². The number of hydrogen-bond acceptors (Lipinski definition) is 7. The number of nitrogens with zero attached hydrogens (tertiary/aromatic N) is 4. The first kappa shape index (κ1) is 24.4. The number of nitrogens with one attached hydrogen (secondary N) is 2. The molecule has 39 heavy (non-hydrogen) atoms. The Morgan fingerprint density at radius 1 is 1.10 bits per heavy atom. The number of ether oxygens (including phenoxy) is 2. The molecule has 2 amide bonds. The Labute approximate surface area is 224 Å². The van der Waals surface area contributed by atoms with E-state index in [4.69, 9.17) is 14.5 Å². The maximum Gasteiger partial charge on any atom is 0.269 e. The van der Waals surface area contributed by atoms with Gasteiger partial charge in [-0.05, 0) is 19.1 Å². The number of methoxy groups -OCH3 is 1. The quantitative estimate of drug-likeness (QED) is 0.413. The molecule has 2 N–H and O–H groups in total. The number of fused-ring (bicyclic) bond motifs is 2. The van der Waals surface area contributed by atoms with Crippen LogP contribution in [0.4, 0.5) is 5.69 Å². The molecule has 2 aromatic heterocycles. The molecule has 0 unspecified atom stereocenters. The van der Waals surface area contributed by atoms with Crippen molar-refractivity contribution in [2.24, 2.45) is 4.99 Å². The van der Waals surface area contributed by atoms with Gasteiger partial charge in [-0.2, -0.15) is 5.10 Å². The molecular formula is C29H26N6O4. The van der Waals surface area contributed by atoms with E-state index in [9.17, 15) is 9.59 Å². The molecule has 10 heteroatoms. The Kier molecular flexibility index (Phi) is 6.28.